The highest BCUT2D eigenvalue weighted by molar-refractivity contribution is 5.78. The summed E-state index contributed by atoms with van der Waals surface area (Å²) in [6.45, 7) is 3.96. The monoisotopic (exact) mass is 282 g/mol. The zero-order chi connectivity index (χ0) is 15.0. The number of nitrogens with one attached hydrogen (secondary N) is 2. The van der Waals surface area contributed by atoms with Gasteiger partial charge >= 0.3 is 0 Å². The lowest BCUT2D eigenvalue weighted by Gasteiger charge is -2.09. The van der Waals surface area contributed by atoms with Crippen LogP contribution in [0, 0.1) is 11.7 Å². The summed E-state index contributed by atoms with van der Waals surface area (Å²) < 4.78 is 18.2. The number of carbonyl (C=O) groups excluding carboxylic acids is 2. The van der Waals surface area contributed by atoms with Gasteiger partial charge in [-0.15, -0.1) is 0 Å². The fourth-order valence-electron chi connectivity index (χ4n) is 1.35. The Morgan fingerprint density at radius 2 is 1.85 bits per heavy atom. The first-order chi connectivity index (χ1) is 9.50. The zero-order valence-corrected chi connectivity index (χ0v) is 11.6. The third-order valence-corrected chi connectivity index (χ3v) is 2.47. The largest absolute Gasteiger partial charge is 0.481 e. The Bertz CT molecular complexity index is 463. The molecule has 20 heavy (non-hydrogen) atoms. The van der Waals surface area contributed by atoms with Gasteiger partial charge in [0.05, 0.1) is 0 Å². The molecule has 1 rings (SSSR count). The third kappa shape index (κ3) is 5.69. The van der Waals surface area contributed by atoms with Crippen LogP contribution in [0.4, 0.5) is 4.39 Å². The van der Waals surface area contributed by atoms with Gasteiger partial charge in [-0.2, -0.15) is 0 Å². The Labute approximate surface area is 117 Å². The molecule has 0 heterocycles. The molecule has 0 aromatic heterocycles. The van der Waals surface area contributed by atoms with Crippen molar-refractivity contribution >= 4 is 11.8 Å². The molecule has 0 saturated heterocycles. The number of hydrogen-bond acceptors (Lipinski definition) is 3. The first-order valence-corrected chi connectivity index (χ1v) is 6.42. The normalized spacial score (nSPS) is 10.2. The molecule has 5 nitrogen and oxygen atoms in total. The lowest BCUT2D eigenvalue weighted by Crippen LogP contribution is -2.38. The predicted octanol–water partition coefficient (Wildman–Crippen LogP) is 1.09. The molecule has 0 aliphatic heterocycles. The molecule has 110 valence electrons. The van der Waals surface area contributed by atoms with Crippen LogP contribution in [0.25, 0.3) is 0 Å². The van der Waals surface area contributed by atoms with E-state index in [2.05, 4.69) is 10.6 Å². The van der Waals surface area contributed by atoms with Gasteiger partial charge in [-0.3, -0.25) is 9.59 Å². The van der Waals surface area contributed by atoms with Gasteiger partial charge in [0.15, 0.2) is 18.2 Å². The SMILES string of the molecule is CC(C)C(=O)NCCNC(=O)COc1ccccc1F. The van der Waals surface area contributed by atoms with Gasteiger partial charge in [-0.25, -0.2) is 4.39 Å². The van der Waals surface area contributed by atoms with Crippen molar-refractivity contribution in [2.45, 2.75) is 13.8 Å². The van der Waals surface area contributed by atoms with Gasteiger partial charge in [-0.05, 0) is 12.1 Å². The molecule has 1 aromatic rings. The van der Waals surface area contributed by atoms with Gasteiger partial charge in [0.2, 0.25) is 5.91 Å². The summed E-state index contributed by atoms with van der Waals surface area (Å²) in [6.07, 6.45) is 0. The third-order valence-electron chi connectivity index (χ3n) is 2.47. The van der Waals surface area contributed by atoms with Crippen LogP contribution in [0.2, 0.25) is 0 Å². The first kappa shape index (κ1) is 15.9. The summed E-state index contributed by atoms with van der Waals surface area (Å²) in [5.41, 5.74) is 0. The number of halogens is 1. The van der Waals surface area contributed by atoms with Gasteiger partial charge in [0.25, 0.3) is 5.91 Å². The highest BCUT2D eigenvalue weighted by Gasteiger charge is 2.07. The Morgan fingerprint density at radius 1 is 1.20 bits per heavy atom. The van der Waals surface area contributed by atoms with Crippen LogP contribution in [-0.2, 0) is 9.59 Å². The van der Waals surface area contributed by atoms with Crippen molar-refractivity contribution in [3.63, 3.8) is 0 Å². The maximum absolute atomic E-state index is 13.2. The Morgan fingerprint density at radius 3 is 2.50 bits per heavy atom. The summed E-state index contributed by atoms with van der Waals surface area (Å²) >= 11 is 0. The van der Waals surface area contributed by atoms with Crippen LogP contribution >= 0.6 is 0 Å². The van der Waals surface area contributed by atoms with Crippen LogP contribution in [0.3, 0.4) is 0 Å². The lowest BCUT2D eigenvalue weighted by molar-refractivity contribution is -0.125. The minimum Gasteiger partial charge on any atom is -0.481 e. The van der Waals surface area contributed by atoms with Crippen molar-refractivity contribution in [1.29, 1.82) is 0 Å². The van der Waals surface area contributed by atoms with E-state index in [1.807, 2.05) is 0 Å². The second-order valence-corrected chi connectivity index (χ2v) is 4.51. The van der Waals surface area contributed by atoms with Crippen LogP contribution < -0.4 is 15.4 Å². The molecule has 0 unspecified atom stereocenters. The molecular weight excluding hydrogens is 263 g/mol. The van der Waals surface area contributed by atoms with Crippen molar-refractivity contribution in [2.75, 3.05) is 19.7 Å². The van der Waals surface area contributed by atoms with Gasteiger partial charge in [0.1, 0.15) is 0 Å². The molecule has 0 spiro atoms. The molecule has 0 fully saturated rings. The van der Waals surface area contributed by atoms with Crippen molar-refractivity contribution in [3.8, 4) is 5.75 Å². The van der Waals surface area contributed by atoms with E-state index in [0.29, 0.717) is 13.1 Å². The van der Waals surface area contributed by atoms with E-state index in [1.165, 1.54) is 12.1 Å². The maximum Gasteiger partial charge on any atom is 0.258 e. The Balaban J connectivity index is 2.18. The second-order valence-electron chi connectivity index (χ2n) is 4.51. The standard InChI is InChI=1S/C14H19FN2O3/c1-10(2)14(19)17-8-7-16-13(18)9-20-12-6-4-3-5-11(12)15/h3-6,10H,7-9H2,1-2H3,(H,16,18)(H,17,19). The van der Waals surface area contributed by atoms with Crippen molar-refractivity contribution in [1.82, 2.24) is 10.6 Å². The highest BCUT2D eigenvalue weighted by Crippen LogP contribution is 2.14. The van der Waals surface area contributed by atoms with Crippen molar-refractivity contribution in [2.24, 2.45) is 5.92 Å². The fraction of sp³-hybridized carbons (Fsp3) is 0.429. The first-order valence-electron chi connectivity index (χ1n) is 6.42. The number of amides is 2. The van der Waals surface area contributed by atoms with E-state index in [0.717, 1.165) is 0 Å². The summed E-state index contributed by atoms with van der Waals surface area (Å²) in [4.78, 5) is 22.7. The quantitative estimate of drug-likeness (QED) is 0.736. The van der Waals surface area contributed by atoms with E-state index in [4.69, 9.17) is 4.74 Å². The number of rotatable bonds is 7. The number of hydrogen-bond donors (Lipinski definition) is 2. The van der Waals surface area contributed by atoms with Crippen LogP contribution in [0.15, 0.2) is 24.3 Å². The molecule has 0 bridgehead atoms. The van der Waals surface area contributed by atoms with Gasteiger partial charge in [-0.1, -0.05) is 26.0 Å². The Kier molecular flexibility index (Phi) is 6.49. The number of carbonyl (C=O) groups is 2. The number of para-hydroxylation sites is 1. The van der Waals surface area contributed by atoms with E-state index in [1.54, 1.807) is 26.0 Å². The molecule has 0 aliphatic rings. The van der Waals surface area contributed by atoms with E-state index in [-0.39, 0.29) is 30.1 Å². The van der Waals surface area contributed by atoms with Gasteiger partial charge < -0.3 is 15.4 Å². The summed E-state index contributed by atoms with van der Waals surface area (Å²) in [7, 11) is 0. The average Bonchev–Trinajstić information content (AvgIpc) is 2.42. The molecule has 6 heteroatoms. The van der Waals surface area contributed by atoms with Crippen LogP contribution in [0.1, 0.15) is 13.8 Å². The second kappa shape index (κ2) is 8.14. The zero-order valence-electron chi connectivity index (χ0n) is 11.6. The lowest BCUT2D eigenvalue weighted by atomic mass is 10.2. The van der Waals surface area contributed by atoms with Crippen LogP contribution in [-0.4, -0.2) is 31.5 Å². The molecule has 0 radical (unpaired) electrons. The molecule has 2 N–H and O–H groups in total. The predicted molar refractivity (Wildman–Crippen MR) is 72.8 cm³/mol. The molecule has 1 aromatic carbocycles. The molecule has 0 aliphatic carbocycles. The Hall–Kier alpha value is -2.11. The number of benzene rings is 1. The van der Waals surface area contributed by atoms with E-state index < -0.39 is 5.82 Å². The minimum atomic E-state index is -0.510. The topological polar surface area (TPSA) is 67.4 Å². The van der Waals surface area contributed by atoms with Crippen LogP contribution in [0.5, 0.6) is 5.75 Å². The minimum absolute atomic E-state index is 0.0377. The van der Waals surface area contributed by atoms with E-state index >= 15 is 0 Å². The molecule has 2 amide bonds. The summed E-state index contributed by atoms with van der Waals surface area (Å²) in [6, 6.07) is 5.87. The summed E-state index contributed by atoms with van der Waals surface area (Å²) in [5.74, 6) is -0.996. The average molecular weight is 282 g/mol. The summed E-state index contributed by atoms with van der Waals surface area (Å²) in [5, 5.41) is 5.23. The fourth-order valence-corrected chi connectivity index (χ4v) is 1.35. The maximum atomic E-state index is 13.2. The van der Waals surface area contributed by atoms with Gasteiger partial charge in [0, 0.05) is 19.0 Å². The van der Waals surface area contributed by atoms with Crippen molar-refractivity contribution in [3.05, 3.63) is 30.1 Å². The highest BCUT2D eigenvalue weighted by atomic mass is 19.1. The molecular formula is C14H19FN2O3. The van der Waals surface area contributed by atoms with E-state index in [9.17, 15) is 14.0 Å². The molecule has 0 atom stereocenters. The number of ether oxygens (including phenoxy) is 1. The van der Waals surface area contributed by atoms with Crippen molar-refractivity contribution < 1.29 is 18.7 Å². The smallest absolute Gasteiger partial charge is 0.258 e. The molecule has 0 saturated carbocycles.